The molecule has 0 spiro atoms. The van der Waals surface area contributed by atoms with Crippen LogP contribution in [0.2, 0.25) is 0 Å². The molecule has 8 nitrogen and oxygen atoms in total. The summed E-state index contributed by atoms with van der Waals surface area (Å²) in [5, 5.41) is 23.9. The highest BCUT2D eigenvalue weighted by molar-refractivity contribution is 5.91. The predicted octanol–water partition coefficient (Wildman–Crippen LogP) is 1.41. The number of phenols is 1. The molecule has 3 atom stereocenters. The Morgan fingerprint density at radius 2 is 1.38 bits per heavy atom. The lowest BCUT2D eigenvalue weighted by Crippen LogP contribution is -2.55. The molecule has 162 valence electrons. The summed E-state index contributed by atoms with van der Waals surface area (Å²) in [5.74, 6) is -1.81. The van der Waals surface area contributed by atoms with Gasteiger partial charge < -0.3 is 26.6 Å². The van der Waals surface area contributed by atoms with Gasteiger partial charge in [-0.3, -0.25) is 9.59 Å². The number of rotatable bonds is 11. The average Bonchev–Trinajstić information content (AvgIpc) is 2.61. The highest BCUT2D eigenvalue weighted by Gasteiger charge is 2.28. The van der Waals surface area contributed by atoms with Gasteiger partial charge in [-0.1, -0.05) is 39.8 Å². The number of benzene rings is 1. The number of carboxylic acid groups (broad SMARTS) is 1. The van der Waals surface area contributed by atoms with E-state index in [-0.39, 0.29) is 24.0 Å². The first-order valence-corrected chi connectivity index (χ1v) is 9.86. The maximum Gasteiger partial charge on any atom is 0.326 e. The minimum absolute atomic E-state index is 0.0910. The molecule has 1 aromatic rings. The molecule has 0 aliphatic heterocycles. The second kappa shape index (κ2) is 11.4. The van der Waals surface area contributed by atoms with E-state index in [1.165, 1.54) is 12.1 Å². The third kappa shape index (κ3) is 8.95. The maximum atomic E-state index is 12.7. The van der Waals surface area contributed by atoms with Crippen LogP contribution in [0.3, 0.4) is 0 Å². The van der Waals surface area contributed by atoms with Gasteiger partial charge in [-0.15, -0.1) is 0 Å². The molecule has 0 fully saturated rings. The number of nitrogens with two attached hydrogens (primary N) is 1. The van der Waals surface area contributed by atoms with Crippen molar-refractivity contribution in [3.63, 3.8) is 0 Å². The Balaban J connectivity index is 2.79. The topological polar surface area (TPSA) is 142 Å². The Hall–Kier alpha value is -2.61. The summed E-state index contributed by atoms with van der Waals surface area (Å²) in [6.07, 6.45) is 0.897. The lowest BCUT2D eigenvalue weighted by atomic mass is 9.99. The van der Waals surface area contributed by atoms with Gasteiger partial charge in [0.2, 0.25) is 11.8 Å². The molecule has 8 heteroatoms. The molecule has 0 aromatic heterocycles. The van der Waals surface area contributed by atoms with Gasteiger partial charge in [0.25, 0.3) is 0 Å². The average molecular weight is 408 g/mol. The summed E-state index contributed by atoms with van der Waals surface area (Å²) < 4.78 is 0. The quantitative estimate of drug-likeness (QED) is 0.375. The minimum atomic E-state index is -1.11. The monoisotopic (exact) mass is 407 g/mol. The molecule has 0 aliphatic rings. The van der Waals surface area contributed by atoms with Gasteiger partial charge in [-0.2, -0.15) is 0 Å². The first-order valence-electron chi connectivity index (χ1n) is 9.86. The fourth-order valence-electron chi connectivity index (χ4n) is 2.93. The van der Waals surface area contributed by atoms with E-state index in [2.05, 4.69) is 10.6 Å². The van der Waals surface area contributed by atoms with E-state index >= 15 is 0 Å². The normalized spacial score (nSPS) is 14.3. The van der Waals surface area contributed by atoms with Crippen molar-refractivity contribution < 1.29 is 24.6 Å². The highest BCUT2D eigenvalue weighted by atomic mass is 16.4. The number of carbonyl (C=O) groups excluding carboxylic acids is 2. The Kier molecular flexibility index (Phi) is 9.61. The first-order chi connectivity index (χ1) is 13.5. The molecule has 0 radical (unpaired) electrons. The summed E-state index contributed by atoms with van der Waals surface area (Å²) in [5.41, 5.74) is 6.76. The van der Waals surface area contributed by atoms with Crippen molar-refractivity contribution in [2.45, 2.75) is 65.1 Å². The molecular formula is C21H33N3O5. The molecule has 0 heterocycles. The number of aromatic hydroxyl groups is 1. The largest absolute Gasteiger partial charge is 0.508 e. The molecule has 0 saturated carbocycles. The number of hydrogen-bond donors (Lipinski definition) is 5. The van der Waals surface area contributed by atoms with E-state index in [1.54, 1.807) is 12.1 Å². The summed E-state index contributed by atoms with van der Waals surface area (Å²) in [7, 11) is 0. The highest BCUT2D eigenvalue weighted by Crippen LogP contribution is 2.12. The van der Waals surface area contributed by atoms with E-state index in [9.17, 15) is 24.6 Å². The van der Waals surface area contributed by atoms with Gasteiger partial charge in [0.1, 0.15) is 17.8 Å². The van der Waals surface area contributed by atoms with Gasteiger partial charge >= 0.3 is 5.97 Å². The van der Waals surface area contributed by atoms with Crippen LogP contribution in [-0.4, -0.2) is 46.1 Å². The molecule has 1 rings (SSSR count). The predicted molar refractivity (Wildman–Crippen MR) is 110 cm³/mol. The van der Waals surface area contributed by atoms with E-state index in [0.717, 1.165) is 5.56 Å². The number of nitrogens with one attached hydrogen (secondary N) is 2. The van der Waals surface area contributed by atoms with Crippen LogP contribution in [0.4, 0.5) is 0 Å². The summed E-state index contributed by atoms with van der Waals surface area (Å²) in [6.45, 7) is 7.56. The fourth-order valence-corrected chi connectivity index (χ4v) is 2.93. The SMILES string of the molecule is CC(C)C[C@H](NC(=O)[C@@H](CC(C)C)NC(=O)[C@@H](N)Cc1ccc(O)cc1)C(=O)O. The van der Waals surface area contributed by atoms with Crippen LogP contribution in [0.25, 0.3) is 0 Å². The molecule has 0 aliphatic carbocycles. The second-order valence-electron chi connectivity index (χ2n) is 8.20. The van der Waals surface area contributed by atoms with Crippen LogP contribution in [0.1, 0.15) is 46.1 Å². The molecular weight excluding hydrogens is 374 g/mol. The Morgan fingerprint density at radius 1 is 0.897 bits per heavy atom. The van der Waals surface area contributed by atoms with Crippen molar-refractivity contribution in [1.29, 1.82) is 0 Å². The van der Waals surface area contributed by atoms with Crippen LogP contribution in [-0.2, 0) is 20.8 Å². The Bertz CT molecular complexity index is 688. The third-order valence-electron chi connectivity index (χ3n) is 4.39. The van der Waals surface area contributed by atoms with Crippen molar-refractivity contribution >= 4 is 17.8 Å². The standard InChI is InChI=1S/C21H33N3O5/c1-12(2)9-17(20(27)24-18(21(28)29)10-13(3)4)23-19(26)16(22)11-14-5-7-15(25)8-6-14/h5-8,12-13,16-18,25H,9-11,22H2,1-4H3,(H,23,26)(H,24,27)(H,28,29)/t16-,17+,18-/m0/s1. The van der Waals surface area contributed by atoms with Crippen LogP contribution >= 0.6 is 0 Å². The van der Waals surface area contributed by atoms with Crippen molar-refractivity contribution in [3.05, 3.63) is 29.8 Å². The van der Waals surface area contributed by atoms with E-state index < -0.39 is 35.9 Å². The smallest absolute Gasteiger partial charge is 0.326 e. The zero-order valence-electron chi connectivity index (χ0n) is 17.5. The Morgan fingerprint density at radius 3 is 1.86 bits per heavy atom. The zero-order chi connectivity index (χ0) is 22.1. The molecule has 29 heavy (non-hydrogen) atoms. The molecule has 0 bridgehead atoms. The van der Waals surface area contributed by atoms with E-state index in [1.807, 2.05) is 27.7 Å². The van der Waals surface area contributed by atoms with E-state index in [4.69, 9.17) is 5.73 Å². The molecule has 0 unspecified atom stereocenters. The molecule has 2 amide bonds. The second-order valence-corrected chi connectivity index (χ2v) is 8.20. The molecule has 6 N–H and O–H groups in total. The number of phenolic OH excluding ortho intramolecular Hbond substituents is 1. The number of amides is 2. The summed E-state index contributed by atoms with van der Waals surface area (Å²) in [6, 6.07) is 3.59. The van der Waals surface area contributed by atoms with Gasteiger partial charge in [-0.05, 0) is 48.8 Å². The van der Waals surface area contributed by atoms with Gasteiger partial charge in [0.05, 0.1) is 6.04 Å². The van der Waals surface area contributed by atoms with Crippen molar-refractivity contribution in [2.24, 2.45) is 17.6 Å². The van der Waals surface area contributed by atoms with Crippen LogP contribution < -0.4 is 16.4 Å². The lowest BCUT2D eigenvalue weighted by Gasteiger charge is -2.24. The summed E-state index contributed by atoms with van der Waals surface area (Å²) in [4.78, 5) is 36.6. The van der Waals surface area contributed by atoms with Crippen LogP contribution in [0.15, 0.2) is 24.3 Å². The van der Waals surface area contributed by atoms with Crippen molar-refractivity contribution in [1.82, 2.24) is 10.6 Å². The van der Waals surface area contributed by atoms with Crippen molar-refractivity contribution in [3.8, 4) is 5.75 Å². The van der Waals surface area contributed by atoms with Gasteiger partial charge in [0.15, 0.2) is 0 Å². The number of hydrogen-bond acceptors (Lipinski definition) is 5. The first kappa shape index (κ1) is 24.4. The Labute approximate surface area is 171 Å². The van der Waals surface area contributed by atoms with E-state index in [0.29, 0.717) is 12.8 Å². The minimum Gasteiger partial charge on any atom is -0.508 e. The number of carboxylic acids is 1. The number of aliphatic carboxylic acids is 1. The maximum absolute atomic E-state index is 12.7. The number of carbonyl (C=O) groups is 3. The van der Waals surface area contributed by atoms with Crippen LogP contribution in [0.5, 0.6) is 5.75 Å². The van der Waals surface area contributed by atoms with Crippen LogP contribution in [0, 0.1) is 11.8 Å². The summed E-state index contributed by atoms with van der Waals surface area (Å²) >= 11 is 0. The lowest BCUT2D eigenvalue weighted by molar-refractivity contribution is -0.142. The fraction of sp³-hybridized carbons (Fsp3) is 0.571. The zero-order valence-corrected chi connectivity index (χ0v) is 17.5. The molecule has 1 aromatic carbocycles. The third-order valence-corrected chi connectivity index (χ3v) is 4.39. The van der Waals surface area contributed by atoms with Gasteiger partial charge in [0, 0.05) is 0 Å². The molecule has 0 saturated heterocycles. The van der Waals surface area contributed by atoms with Gasteiger partial charge in [-0.25, -0.2) is 4.79 Å². The van der Waals surface area contributed by atoms with Crippen molar-refractivity contribution in [2.75, 3.05) is 0 Å².